The van der Waals surface area contributed by atoms with Crippen LogP contribution >= 0.6 is 0 Å². The van der Waals surface area contributed by atoms with Crippen molar-refractivity contribution < 1.29 is 36.6 Å². The topological polar surface area (TPSA) is 67.9 Å². The Balaban J connectivity index is 1.65. The van der Waals surface area contributed by atoms with Crippen LogP contribution in [-0.4, -0.2) is 50.1 Å². The Kier molecular flexibility index (Phi) is 7.91. The SMILES string of the molecule is COCCOc1ccc(C(F)(F)F)cc1NC(=O)C1CCN(C(=O)c2ccc(F)cc2)CC1. The number of ether oxygens (including phenoxy) is 2. The van der Waals surface area contributed by atoms with Crippen LogP contribution in [0.1, 0.15) is 28.8 Å². The van der Waals surface area contributed by atoms with Gasteiger partial charge in [0.15, 0.2) is 0 Å². The molecule has 0 bridgehead atoms. The van der Waals surface area contributed by atoms with Gasteiger partial charge < -0.3 is 19.7 Å². The number of carbonyl (C=O) groups excluding carboxylic acids is 2. The third kappa shape index (κ3) is 6.44. The van der Waals surface area contributed by atoms with E-state index in [1.807, 2.05) is 0 Å². The Hall–Kier alpha value is -3.14. The van der Waals surface area contributed by atoms with Crippen LogP contribution < -0.4 is 10.1 Å². The quantitative estimate of drug-likeness (QED) is 0.484. The highest BCUT2D eigenvalue weighted by Gasteiger charge is 2.32. The van der Waals surface area contributed by atoms with Gasteiger partial charge in [-0.25, -0.2) is 4.39 Å². The fourth-order valence-corrected chi connectivity index (χ4v) is 3.52. The van der Waals surface area contributed by atoms with Gasteiger partial charge >= 0.3 is 6.18 Å². The molecule has 0 aromatic heterocycles. The first kappa shape index (κ1) is 24.5. The Labute approximate surface area is 188 Å². The molecule has 6 nitrogen and oxygen atoms in total. The van der Waals surface area contributed by atoms with Crippen molar-refractivity contribution in [3.05, 3.63) is 59.4 Å². The van der Waals surface area contributed by atoms with Gasteiger partial charge in [-0.1, -0.05) is 0 Å². The molecular weight excluding hydrogens is 444 g/mol. The molecule has 2 aromatic carbocycles. The molecule has 1 fully saturated rings. The van der Waals surface area contributed by atoms with E-state index in [0.717, 1.165) is 18.2 Å². The minimum absolute atomic E-state index is 0.0734. The number of carbonyl (C=O) groups is 2. The van der Waals surface area contributed by atoms with E-state index in [-0.39, 0.29) is 30.6 Å². The summed E-state index contributed by atoms with van der Waals surface area (Å²) in [5.74, 6) is -1.52. The number of nitrogens with one attached hydrogen (secondary N) is 1. The Morgan fingerprint density at radius 3 is 2.33 bits per heavy atom. The summed E-state index contributed by atoms with van der Waals surface area (Å²) in [4.78, 5) is 26.9. The smallest absolute Gasteiger partial charge is 0.416 e. The highest BCUT2D eigenvalue weighted by Crippen LogP contribution is 2.35. The molecule has 10 heteroatoms. The van der Waals surface area contributed by atoms with Crippen LogP contribution in [0.25, 0.3) is 0 Å². The number of hydrogen-bond donors (Lipinski definition) is 1. The maximum atomic E-state index is 13.1. The standard InChI is InChI=1S/C23H24F4N2O4/c1-32-12-13-33-20-7-4-17(23(25,26)27)14-19(20)28-21(30)15-8-10-29(11-9-15)22(31)16-2-5-18(24)6-3-16/h2-7,14-15H,8-13H2,1H3,(H,28,30). The molecule has 3 rings (SSSR count). The summed E-state index contributed by atoms with van der Waals surface area (Å²) in [5, 5.41) is 2.55. The number of hydrogen-bond acceptors (Lipinski definition) is 4. The molecule has 2 amide bonds. The van der Waals surface area contributed by atoms with Gasteiger partial charge in [-0.05, 0) is 55.3 Å². The van der Waals surface area contributed by atoms with Gasteiger partial charge in [0, 0.05) is 31.7 Å². The van der Waals surface area contributed by atoms with E-state index in [0.29, 0.717) is 31.5 Å². The second-order valence-corrected chi connectivity index (χ2v) is 7.61. The summed E-state index contributed by atoms with van der Waals surface area (Å²) >= 11 is 0. The number of alkyl halides is 3. The van der Waals surface area contributed by atoms with Crippen LogP contribution in [-0.2, 0) is 15.7 Å². The number of benzene rings is 2. The average Bonchev–Trinajstić information content (AvgIpc) is 2.79. The zero-order valence-electron chi connectivity index (χ0n) is 18.0. The van der Waals surface area contributed by atoms with Gasteiger partial charge in [0.2, 0.25) is 5.91 Å². The van der Waals surface area contributed by atoms with Crippen molar-refractivity contribution in [3.8, 4) is 5.75 Å². The van der Waals surface area contributed by atoms with Crippen molar-refractivity contribution in [2.24, 2.45) is 5.92 Å². The minimum atomic E-state index is -4.57. The van der Waals surface area contributed by atoms with E-state index in [2.05, 4.69) is 5.32 Å². The van der Waals surface area contributed by atoms with Crippen LogP contribution in [0.5, 0.6) is 5.75 Å². The van der Waals surface area contributed by atoms with Crippen LogP contribution in [0.4, 0.5) is 23.2 Å². The van der Waals surface area contributed by atoms with E-state index < -0.39 is 29.4 Å². The monoisotopic (exact) mass is 468 g/mol. The first-order valence-corrected chi connectivity index (χ1v) is 10.4. The van der Waals surface area contributed by atoms with Crippen molar-refractivity contribution >= 4 is 17.5 Å². The van der Waals surface area contributed by atoms with Crippen molar-refractivity contribution in [2.45, 2.75) is 19.0 Å². The molecule has 0 atom stereocenters. The minimum Gasteiger partial charge on any atom is -0.489 e. The lowest BCUT2D eigenvalue weighted by molar-refractivity contribution is -0.137. The molecule has 0 radical (unpaired) electrons. The van der Waals surface area contributed by atoms with E-state index in [1.54, 1.807) is 4.90 Å². The molecular formula is C23H24F4N2O4. The molecule has 1 N–H and O–H groups in total. The Morgan fingerprint density at radius 2 is 1.73 bits per heavy atom. The summed E-state index contributed by atoms with van der Waals surface area (Å²) in [6.07, 6.45) is -3.88. The molecule has 1 aliphatic heterocycles. The lowest BCUT2D eigenvalue weighted by atomic mass is 9.95. The molecule has 2 aromatic rings. The Bertz CT molecular complexity index is 971. The van der Waals surface area contributed by atoms with E-state index in [4.69, 9.17) is 9.47 Å². The number of amides is 2. The fraction of sp³-hybridized carbons (Fsp3) is 0.391. The van der Waals surface area contributed by atoms with Crippen molar-refractivity contribution in [1.29, 1.82) is 0 Å². The predicted octanol–water partition coefficient (Wildman–Crippen LogP) is 4.36. The van der Waals surface area contributed by atoms with Crippen LogP contribution in [0, 0.1) is 11.7 Å². The number of piperidine rings is 1. The molecule has 0 aliphatic carbocycles. The average molecular weight is 468 g/mol. The summed E-state index contributed by atoms with van der Waals surface area (Å²) < 4.78 is 62.8. The highest BCUT2D eigenvalue weighted by molar-refractivity contribution is 5.96. The zero-order valence-corrected chi connectivity index (χ0v) is 18.0. The number of likely N-dealkylation sites (tertiary alicyclic amines) is 1. The number of methoxy groups -OCH3 is 1. The molecule has 1 heterocycles. The first-order valence-electron chi connectivity index (χ1n) is 10.4. The number of rotatable bonds is 7. The maximum absolute atomic E-state index is 13.1. The number of anilines is 1. The van der Waals surface area contributed by atoms with Gasteiger partial charge in [0.25, 0.3) is 5.91 Å². The molecule has 0 spiro atoms. The fourth-order valence-electron chi connectivity index (χ4n) is 3.52. The lowest BCUT2D eigenvalue weighted by Crippen LogP contribution is -2.41. The summed E-state index contributed by atoms with van der Waals surface area (Å²) in [7, 11) is 1.46. The van der Waals surface area contributed by atoms with E-state index in [9.17, 15) is 27.2 Å². The molecule has 1 saturated heterocycles. The number of halogens is 4. The van der Waals surface area contributed by atoms with Crippen molar-refractivity contribution in [1.82, 2.24) is 4.90 Å². The molecule has 1 aliphatic rings. The molecule has 0 unspecified atom stereocenters. The number of nitrogens with zero attached hydrogens (tertiary/aromatic N) is 1. The normalized spacial score (nSPS) is 14.8. The third-order valence-electron chi connectivity index (χ3n) is 5.35. The second kappa shape index (κ2) is 10.7. The maximum Gasteiger partial charge on any atom is 0.416 e. The summed E-state index contributed by atoms with van der Waals surface area (Å²) in [5.41, 5.74) is -0.631. The molecule has 178 valence electrons. The third-order valence-corrected chi connectivity index (χ3v) is 5.35. The van der Waals surface area contributed by atoms with Crippen molar-refractivity contribution in [3.63, 3.8) is 0 Å². The predicted molar refractivity (Wildman–Crippen MR) is 112 cm³/mol. The Morgan fingerprint density at radius 1 is 1.06 bits per heavy atom. The van der Waals surface area contributed by atoms with Crippen LogP contribution in [0.2, 0.25) is 0 Å². The van der Waals surface area contributed by atoms with Gasteiger partial charge in [-0.2, -0.15) is 13.2 Å². The van der Waals surface area contributed by atoms with Gasteiger partial charge in [-0.15, -0.1) is 0 Å². The van der Waals surface area contributed by atoms with Crippen LogP contribution in [0.15, 0.2) is 42.5 Å². The summed E-state index contributed by atoms with van der Waals surface area (Å²) in [6, 6.07) is 8.09. The molecule has 33 heavy (non-hydrogen) atoms. The molecule has 0 saturated carbocycles. The second-order valence-electron chi connectivity index (χ2n) is 7.61. The highest BCUT2D eigenvalue weighted by atomic mass is 19.4. The van der Waals surface area contributed by atoms with Crippen molar-refractivity contribution in [2.75, 3.05) is 38.7 Å². The van der Waals surface area contributed by atoms with Gasteiger partial charge in [0.1, 0.15) is 18.2 Å². The largest absolute Gasteiger partial charge is 0.489 e. The first-order chi connectivity index (χ1) is 15.7. The lowest BCUT2D eigenvalue weighted by Gasteiger charge is -2.31. The van der Waals surface area contributed by atoms with Crippen LogP contribution in [0.3, 0.4) is 0 Å². The van der Waals surface area contributed by atoms with Gasteiger partial charge in [0.05, 0.1) is 17.9 Å². The van der Waals surface area contributed by atoms with E-state index in [1.165, 1.54) is 31.4 Å². The summed E-state index contributed by atoms with van der Waals surface area (Å²) in [6.45, 7) is 0.936. The van der Waals surface area contributed by atoms with Gasteiger partial charge in [-0.3, -0.25) is 9.59 Å². The van der Waals surface area contributed by atoms with E-state index >= 15 is 0 Å². The zero-order chi connectivity index (χ0) is 24.0.